The fourth-order valence-corrected chi connectivity index (χ4v) is 2.79. The first-order valence-corrected chi connectivity index (χ1v) is 6.73. The number of quaternary nitrogens is 1. The summed E-state index contributed by atoms with van der Waals surface area (Å²) in [6, 6.07) is 1.02. The third-order valence-corrected chi connectivity index (χ3v) is 3.62. The van der Waals surface area contributed by atoms with Crippen molar-refractivity contribution in [3.8, 4) is 0 Å². The van der Waals surface area contributed by atoms with Crippen molar-refractivity contribution in [1.29, 1.82) is 0 Å². The maximum absolute atomic E-state index is 2.33. The summed E-state index contributed by atoms with van der Waals surface area (Å²) in [6.45, 7) is 7.52. The molecule has 0 aromatic carbocycles. The van der Waals surface area contributed by atoms with Crippen molar-refractivity contribution in [2.45, 2.75) is 71.3 Å². The van der Waals surface area contributed by atoms with Gasteiger partial charge in [-0.25, -0.2) is 0 Å². The predicted octanol–water partition coefficient (Wildman–Crippen LogP) is -0.582. The number of likely N-dealkylation sites (tertiary alicyclic amines) is 1. The summed E-state index contributed by atoms with van der Waals surface area (Å²) in [6.07, 6.45) is 11.5. The van der Waals surface area contributed by atoms with Crippen molar-refractivity contribution in [2.24, 2.45) is 0 Å². The van der Waals surface area contributed by atoms with Crippen LogP contribution in [0.25, 0.3) is 0 Å². The molecule has 1 aliphatic heterocycles. The lowest BCUT2D eigenvalue weighted by Gasteiger charge is -2.20. The minimum atomic E-state index is 0. The molecule has 2 heteroatoms. The monoisotopic (exact) mass is 233 g/mol. The van der Waals surface area contributed by atoms with Crippen molar-refractivity contribution < 1.29 is 17.3 Å². The van der Waals surface area contributed by atoms with Crippen LogP contribution < -0.4 is 17.3 Å². The molecule has 0 saturated carbocycles. The van der Waals surface area contributed by atoms with E-state index in [9.17, 15) is 0 Å². The number of rotatable bonds is 7. The molecule has 0 aliphatic carbocycles. The highest BCUT2D eigenvalue weighted by Gasteiger charge is 2.26. The second-order valence-corrected chi connectivity index (χ2v) is 4.85. The molecule has 0 bridgehead atoms. The lowest BCUT2D eigenvalue weighted by molar-refractivity contribution is -0.912. The first-order chi connectivity index (χ1) is 6.88. The van der Waals surface area contributed by atoms with E-state index in [1.54, 1.807) is 0 Å². The highest BCUT2D eigenvalue weighted by atomic mass is 35.5. The zero-order chi connectivity index (χ0) is 10.2. The number of halogens is 1. The summed E-state index contributed by atoms with van der Waals surface area (Å²) >= 11 is 0. The molecule has 1 N–H and O–H groups in total. The van der Waals surface area contributed by atoms with E-state index in [1.165, 1.54) is 64.5 Å². The van der Waals surface area contributed by atoms with Gasteiger partial charge in [-0.3, -0.25) is 0 Å². The average molecular weight is 234 g/mol. The zero-order valence-electron chi connectivity index (χ0n) is 10.5. The average Bonchev–Trinajstić information content (AvgIpc) is 2.61. The number of unbranched alkanes of at least 4 members (excludes halogenated alkanes) is 3. The van der Waals surface area contributed by atoms with E-state index in [4.69, 9.17) is 0 Å². The molecular weight excluding hydrogens is 206 g/mol. The summed E-state index contributed by atoms with van der Waals surface area (Å²) in [5, 5.41) is 0. The van der Waals surface area contributed by atoms with E-state index < -0.39 is 0 Å². The van der Waals surface area contributed by atoms with Gasteiger partial charge >= 0.3 is 0 Å². The Morgan fingerprint density at radius 2 is 1.87 bits per heavy atom. The van der Waals surface area contributed by atoms with Gasteiger partial charge in [0.25, 0.3) is 0 Å². The summed E-state index contributed by atoms with van der Waals surface area (Å²) < 4.78 is 0. The fraction of sp³-hybridized carbons (Fsp3) is 1.00. The van der Waals surface area contributed by atoms with Crippen LogP contribution in [0.4, 0.5) is 0 Å². The van der Waals surface area contributed by atoms with Gasteiger partial charge in [0.2, 0.25) is 0 Å². The molecule has 0 spiro atoms. The molecule has 0 radical (unpaired) electrons. The molecule has 1 fully saturated rings. The van der Waals surface area contributed by atoms with Gasteiger partial charge in [0.1, 0.15) is 0 Å². The van der Waals surface area contributed by atoms with Crippen molar-refractivity contribution >= 4 is 0 Å². The van der Waals surface area contributed by atoms with Crippen LogP contribution in [0.1, 0.15) is 65.2 Å². The van der Waals surface area contributed by atoms with Crippen LogP contribution in [-0.4, -0.2) is 19.1 Å². The molecule has 1 heterocycles. The number of nitrogens with one attached hydrogen (secondary N) is 1. The highest BCUT2D eigenvalue weighted by Crippen LogP contribution is 2.06. The maximum Gasteiger partial charge on any atom is 0.0876 e. The van der Waals surface area contributed by atoms with Crippen LogP contribution >= 0.6 is 0 Å². The smallest absolute Gasteiger partial charge is 0.0876 e. The number of hydrogen-bond acceptors (Lipinski definition) is 0. The maximum atomic E-state index is 2.33. The fourth-order valence-electron chi connectivity index (χ4n) is 2.79. The Bertz CT molecular complexity index is 138. The standard InChI is InChI=1S/C13H27N.ClH/c1-3-5-6-7-11-14-12-8-10-13(14)9-4-2;/h13H,3-12H2,1-2H3;1H. The summed E-state index contributed by atoms with van der Waals surface area (Å²) in [4.78, 5) is 1.92. The van der Waals surface area contributed by atoms with Crippen molar-refractivity contribution in [3.05, 3.63) is 0 Å². The molecule has 1 rings (SSSR count). The summed E-state index contributed by atoms with van der Waals surface area (Å²) in [5.74, 6) is 0. The van der Waals surface area contributed by atoms with Crippen molar-refractivity contribution in [3.63, 3.8) is 0 Å². The van der Waals surface area contributed by atoms with E-state index in [-0.39, 0.29) is 12.4 Å². The summed E-state index contributed by atoms with van der Waals surface area (Å²) in [7, 11) is 0. The Hall–Kier alpha value is 0.250. The molecule has 15 heavy (non-hydrogen) atoms. The largest absolute Gasteiger partial charge is 1.00 e. The lowest BCUT2D eigenvalue weighted by Crippen LogP contribution is -3.13. The first kappa shape index (κ1) is 15.2. The third kappa shape index (κ3) is 5.77. The Labute approximate surface area is 102 Å². The molecule has 1 aliphatic rings. The summed E-state index contributed by atoms with van der Waals surface area (Å²) in [5.41, 5.74) is 0. The van der Waals surface area contributed by atoms with Gasteiger partial charge < -0.3 is 17.3 Å². The Balaban J connectivity index is 0.00000196. The van der Waals surface area contributed by atoms with E-state index in [2.05, 4.69) is 13.8 Å². The van der Waals surface area contributed by atoms with Crippen molar-refractivity contribution in [2.75, 3.05) is 13.1 Å². The van der Waals surface area contributed by atoms with Gasteiger partial charge in [0.05, 0.1) is 19.1 Å². The second kappa shape index (κ2) is 9.47. The second-order valence-electron chi connectivity index (χ2n) is 4.85. The van der Waals surface area contributed by atoms with Gasteiger partial charge in [-0.2, -0.15) is 0 Å². The lowest BCUT2D eigenvalue weighted by atomic mass is 10.1. The van der Waals surface area contributed by atoms with Crippen LogP contribution in [0.2, 0.25) is 0 Å². The van der Waals surface area contributed by atoms with Crippen LogP contribution in [0.5, 0.6) is 0 Å². The zero-order valence-corrected chi connectivity index (χ0v) is 11.3. The molecule has 1 nitrogen and oxygen atoms in total. The minimum Gasteiger partial charge on any atom is -1.00 e. The van der Waals surface area contributed by atoms with Gasteiger partial charge in [-0.1, -0.05) is 33.1 Å². The highest BCUT2D eigenvalue weighted by molar-refractivity contribution is 4.61. The molecule has 0 aromatic heterocycles. The molecule has 0 aromatic rings. The Morgan fingerprint density at radius 1 is 1.07 bits per heavy atom. The number of hydrogen-bond donors (Lipinski definition) is 1. The SMILES string of the molecule is CCCCCC[NH+]1CCCC1CCC.[Cl-]. The topological polar surface area (TPSA) is 4.44 Å². The van der Waals surface area contributed by atoms with E-state index in [0.717, 1.165) is 6.04 Å². The van der Waals surface area contributed by atoms with Crippen molar-refractivity contribution in [1.82, 2.24) is 0 Å². The van der Waals surface area contributed by atoms with Crippen LogP contribution in [0.15, 0.2) is 0 Å². The third-order valence-electron chi connectivity index (χ3n) is 3.62. The molecule has 2 atom stereocenters. The quantitative estimate of drug-likeness (QED) is 0.562. The molecular formula is C13H28ClN. The molecule has 2 unspecified atom stereocenters. The van der Waals surface area contributed by atoms with Gasteiger partial charge in [0.15, 0.2) is 0 Å². The molecule has 0 amide bonds. The molecule has 1 saturated heterocycles. The Morgan fingerprint density at radius 3 is 2.53 bits per heavy atom. The van der Waals surface area contributed by atoms with Gasteiger partial charge in [-0.05, 0) is 19.3 Å². The predicted molar refractivity (Wildman–Crippen MR) is 62.8 cm³/mol. The first-order valence-electron chi connectivity index (χ1n) is 6.73. The van der Waals surface area contributed by atoms with Gasteiger partial charge in [-0.15, -0.1) is 0 Å². The van der Waals surface area contributed by atoms with Crippen LogP contribution in [0.3, 0.4) is 0 Å². The Kier molecular flexibility index (Phi) is 9.63. The van der Waals surface area contributed by atoms with E-state index in [0.29, 0.717) is 0 Å². The molecule has 92 valence electrons. The van der Waals surface area contributed by atoms with Gasteiger partial charge in [0, 0.05) is 12.8 Å². The normalized spacial score (nSPS) is 25.2. The van der Waals surface area contributed by atoms with Crippen LogP contribution in [-0.2, 0) is 0 Å². The van der Waals surface area contributed by atoms with E-state index in [1.807, 2.05) is 4.90 Å². The van der Waals surface area contributed by atoms with Crippen LogP contribution in [0, 0.1) is 0 Å². The van der Waals surface area contributed by atoms with E-state index >= 15 is 0 Å². The minimum absolute atomic E-state index is 0.